The summed E-state index contributed by atoms with van der Waals surface area (Å²) in [6.45, 7) is 13.7. The van der Waals surface area contributed by atoms with E-state index in [0.29, 0.717) is 0 Å². The smallest absolute Gasteiger partial charge is 0.795 e. The Bertz CT molecular complexity index is 102. The zero-order valence-corrected chi connectivity index (χ0v) is 14.6. The molecule has 0 aliphatic rings. The Morgan fingerprint density at radius 1 is 0.750 bits per heavy atom. The molecule has 68 valence electrons. The Morgan fingerprint density at radius 2 is 0.917 bits per heavy atom. The van der Waals surface area contributed by atoms with Crippen LogP contribution in [-0.4, -0.2) is 7.22 Å². The van der Waals surface area contributed by atoms with Crippen molar-refractivity contribution in [2.75, 3.05) is 0 Å². The minimum atomic E-state index is -1.40. The maximum Gasteiger partial charge on any atom is 1.00 e. The van der Waals surface area contributed by atoms with Gasteiger partial charge in [-0.25, -0.2) is 0 Å². The number of hydrogen-bond donors (Lipinski definition) is 0. The first-order valence-corrected chi connectivity index (χ1v) is 7.90. The molecule has 0 atom stereocenters. The fourth-order valence-corrected chi connectivity index (χ4v) is 6.00. The normalized spacial score (nSPS) is 12.5. The van der Waals surface area contributed by atoms with E-state index in [1.165, 1.54) is 0 Å². The summed E-state index contributed by atoms with van der Waals surface area (Å²) in [7, 11) is -1.40. The van der Waals surface area contributed by atoms with Gasteiger partial charge in [0.25, 0.3) is 0 Å². The zero-order valence-electron chi connectivity index (χ0n) is 9.64. The summed E-state index contributed by atoms with van der Waals surface area (Å²) >= 11 is 5.81. The second kappa shape index (κ2) is 6.64. The van der Waals surface area contributed by atoms with Gasteiger partial charge in [0.1, 0.15) is 0 Å². The topological polar surface area (TPSA) is 0 Å². The van der Waals surface area contributed by atoms with Gasteiger partial charge in [-0.3, -0.25) is 0 Å². The van der Waals surface area contributed by atoms with E-state index >= 15 is 0 Å². The molecule has 0 heterocycles. The Balaban J connectivity index is 0. The molecule has 0 aromatic carbocycles. The van der Waals surface area contributed by atoms with Gasteiger partial charge in [0.05, 0.1) is 0 Å². The molecule has 0 rings (SSSR count). The van der Waals surface area contributed by atoms with Crippen molar-refractivity contribution in [1.29, 1.82) is 0 Å². The van der Waals surface area contributed by atoms with Crippen LogP contribution in [0.25, 0.3) is 0 Å². The van der Waals surface area contributed by atoms with Crippen LogP contribution < -0.4 is 51.4 Å². The molecule has 0 aliphatic carbocycles. The van der Waals surface area contributed by atoms with Gasteiger partial charge in [-0.15, -0.1) is 0 Å². The average Bonchev–Trinajstić information content (AvgIpc) is 1.84. The van der Waals surface area contributed by atoms with Gasteiger partial charge in [0.15, 0.2) is 0 Å². The molecule has 0 saturated heterocycles. The maximum atomic E-state index is 5.81. The van der Waals surface area contributed by atoms with Crippen LogP contribution in [-0.2, 0) is 12.1 Å². The summed E-state index contributed by atoms with van der Waals surface area (Å²) in [6, 6.07) is 0. The Kier molecular flexibility index (Phi) is 9.21. The second-order valence-corrected chi connectivity index (χ2v) is 11.6. The minimum absolute atomic E-state index is 0. The van der Waals surface area contributed by atoms with Gasteiger partial charge in [0, 0.05) is 0 Å². The molecule has 12 heavy (non-hydrogen) atoms. The maximum absolute atomic E-state index is 5.81. The fraction of sp³-hybridized carbons (Fsp3) is 1.00. The monoisotopic (exact) mass is 228 g/mol. The van der Waals surface area contributed by atoms with E-state index in [0.717, 1.165) is 16.6 Å². The largest absolute Gasteiger partial charge is 1.00 e. The van der Waals surface area contributed by atoms with Crippen molar-refractivity contribution in [3.05, 3.63) is 0 Å². The van der Waals surface area contributed by atoms with E-state index in [1.54, 1.807) is 0 Å². The van der Waals surface area contributed by atoms with Crippen molar-refractivity contribution in [1.82, 2.24) is 0 Å². The Hall–Kier alpha value is 2.20. The molecule has 0 spiro atoms. The van der Waals surface area contributed by atoms with E-state index in [4.69, 9.17) is 12.1 Å². The van der Waals surface area contributed by atoms with Crippen molar-refractivity contribution in [2.24, 2.45) is 0 Å². The van der Waals surface area contributed by atoms with Crippen LogP contribution in [0.3, 0.4) is 0 Å². The van der Waals surface area contributed by atoms with Crippen LogP contribution in [0.5, 0.6) is 0 Å². The summed E-state index contributed by atoms with van der Waals surface area (Å²) < 4.78 is 0. The third-order valence-electron chi connectivity index (χ3n) is 2.71. The summed E-state index contributed by atoms with van der Waals surface area (Å²) in [4.78, 5) is 0. The molecule has 0 bridgehead atoms. The molecular formula is C9H21KSSi. The van der Waals surface area contributed by atoms with Crippen molar-refractivity contribution in [3.8, 4) is 0 Å². The third-order valence-corrected chi connectivity index (χ3v) is 12.4. The van der Waals surface area contributed by atoms with E-state index < -0.39 is 7.22 Å². The molecule has 0 saturated carbocycles. The van der Waals surface area contributed by atoms with E-state index in [9.17, 15) is 0 Å². The molecule has 0 fully saturated rings. The van der Waals surface area contributed by atoms with Crippen LogP contribution in [0.2, 0.25) is 16.6 Å². The first-order chi connectivity index (χ1) is 4.83. The standard InChI is InChI=1S/C9H21SSi.K/c1-7(2)11(10,8(3)4)9(5)6;/h7-9H,1-6H3;/q-1;+1. The molecule has 0 aromatic heterocycles. The van der Waals surface area contributed by atoms with Gasteiger partial charge in [0.2, 0.25) is 0 Å². The van der Waals surface area contributed by atoms with Crippen molar-refractivity contribution < 1.29 is 51.4 Å². The predicted octanol–water partition coefficient (Wildman–Crippen LogP) is 0.713. The summed E-state index contributed by atoms with van der Waals surface area (Å²) in [5, 5.41) is 0. The predicted molar refractivity (Wildman–Crippen MR) is 58.4 cm³/mol. The fourth-order valence-electron chi connectivity index (χ4n) is 2.00. The van der Waals surface area contributed by atoms with Gasteiger partial charge in [-0.1, -0.05) is 65.4 Å². The average molecular weight is 229 g/mol. The number of rotatable bonds is 3. The van der Waals surface area contributed by atoms with Gasteiger partial charge >= 0.3 is 51.4 Å². The molecule has 0 N–H and O–H groups in total. The molecule has 3 heteroatoms. The van der Waals surface area contributed by atoms with E-state index in [1.807, 2.05) is 0 Å². The molecule has 0 aliphatic heterocycles. The van der Waals surface area contributed by atoms with Crippen LogP contribution in [0.1, 0.15) is 41.5 Å². The molecule has 0 amide bonds. The van der Waals surface area contributed by atoms with Crippen LogP contribution in [0.15, 0.2) is 0 Å². The molecule has 0 nitrogen and oxygen atoms in total. The van der Waals surface area contributed by atoms with Crippen LogP contribution in [0.4, 0.5) is 0 Å². The van der Waals surface area contributed by atoms with Gasteiger partial charge in [-0.2, -0.15) is 0 Å². The molecule has 0 radical (unpaired) electrons. The van der Waals surface area contributed by atoms with Crippen LogP contribution >= 0.6 is 0 Å². The Morgan fingerprint density at radius 3 is 0.917 bits per heavy atom. The van der Waals surface area contributed by atoms with E-state index in [-0.39, 0.29) is 51.4 Å². The van der Waals surface area contributed by atoms with Crippen molar-refractivity contribution >= 4 is 19.3 Å². The van der Waals surface area contributed by atoms with Crippen molar-refractivity contribution in [2.45, 2.75) is 58.2 Å². The van der Waals surface area contributed by atoms with Gasteiger partial charge in [-0.05, 0) is 0 Å². The van der Waals surface area contributed by atoms with E-state index in [2.05, 4.69) is 41.5 Å². The summed E-state index contributed by atoms with van der Waals surface area (Å²) in [5.74, 6) is 0. The number of hydrogen-bond acceptors (Lipinski definition) is 1. The Labute approximate surface area is 127 Å². The second-order valence-electron chi connectivity index (χ2n) is 4.32. The molecular weight excluding hydrogens is 207 g/mol. The summed E-state index contributed by atoms with van der Waals surface area (Å²) in [6.07, 6.45) is 0. The first-order valence-electron chi connectivity index (χ1n) is 4.53. The SMILES string of the molecule is CC(C)[Si]([S-])(C(C)C)C(C)C.[K+]. The van der Waals surface area contributed by atoms with Gasteiger partial charge < -0.3 is 12.1 Å². The third kappa shape index (κ3) is 3.75. The quantitative estimate of drug-likeness (QED) is 0.507. The molecule has 0 aromatic rings. The summed E-state index contributed by atoms with van der Waals surface area (Å²) in [5.41, 5.74) is 2.20. The molecule has 0 unspecified atom stereocenters. The first kappa shape index (κ1) is 16.6. The zero-order chi connectivity index (χ0) is 9.23. The van der Waals surface area contributed by atoms with Crippen molar-refractivity contribution in [3.63, 3.8) is 0 Å². The minimum Gasteiger partial charge on any atom is -0.795 e. The van der Waals surface area contributed by atoms with Crippen LogP contribution in [0, 0.1) is 0 Å².